The van der Waals surface area contributed by atoms with Crippen molar-refractivity contribution in [1.82, 2.24) is 14.7 Å². The first kappa shape index (κ1) is 15.2. The van der Waals surface area contributed by atoms with Crippen LogP contribution in [-0.2, 0) is 22.2 Å². The highest BCUT2D eigenvalue weighted by molar-refractivity contribution is 7.88. The Kier molecular flexibility index (Phi) is 5.09. The average molecular weight is 304 g/mol. The highest BCUT2D eigenvalue weighted by Gasteiger charge is 2.11. The molecule has 0 aliphatic heterocycles. The number of imidazole rings is 1. The fraction of sp³-hybridized carbons (Fsp3) is 0.286. The molecular weight excluding hydrogens is 288 g/mol. The van der Waals surface area contributed by atoms with Crippen LogP contribution in [0.5, 0.6) is 0 Å². The van der Waals surface area contributed by atoms with Crippen molar-refractivity contribution in [1.29, 1.82) is 5.26 Å². The van der Waals surface area contributed by atoms with Crippen molar-refractivity contribution in [3.63, 3.8) is 0 Å². The zero-order valence-electron chi connectivity index (χ0n) is 11.4. The van der Waals surface area contributed by atoms with Crippen LogP contribution >= 0.6 is 0 Å². The van der Waals surface area contributed by atoms with Gasteiger partial charge in [0.25, 0.3) is 0 Å². The standard InChI is InChI=1S/C14H16N4O2S/c15-10-12-3-1-4-13(9-12)11-21(19,20)18-6-2-5-14-16-7-8-17-14/h1,3-4,7-9,18H,2,5-6,11H2,(H,16,17). The molecule has 0 unspecified atom stereocenters. The lowest BCUT2D eigenvalue weighted by molar-refractivity contribution is 0.577. The summed E-state index contributed by atoms with van der Waals surface area (Å²) in [5, 5.41) is 8.80. The van der Waals surface area contributed by atoms with Crippen LogP contribution in [0.25, 0.3) is 0 Å². The second-order valence-corrected chi connectivity index (χ2v) is 6.41. The molecule has 0 bridgehead atoms. The third-order valence-electron chi connectivity index (χ3n) is 2.88. The highest BCUT2D eigenvalue weighted by atomic mass is 32.2. The zero-order valence-corrected chi connectivity index (χ0v) is 12.2. The summed E-state index contributed by atoms with van der Waals surface area (Å²) in [5.41, 5.74) is 1.06. The molecule has 0 saturated carbocycles. The molecule has 0 aliphatic carbocycles. The van der Waals surface area contributed by atoms with Gasteiger partial charge in [-0.1, -0.05) is 12.1 Å². The van der Waals surface area contributed by atoms with Crippen molar-refractivity contribution in [2.45, 2.75) is 18.6 Å². The Morgan fingerprint density at radius 1 is 1.38 bits per heavy atom. The Hall–Kier alpha value is -2.17. The highest BCUT2D eigenvalue weighted by Crippen LogP contribution is 2.08. The number of benzene rings is 1. The van der Waals surface area contributed by atoms with E-state index in [4.69, 9.17) is 5.26 Å². The Balaban J connectivity index is 1.82. The van der Waals surface area contributed by atoms with Crippen LogP contribution in [0.15, 0.2) is 36.7 Å². The monoisotopic (exact) mass is 304 g/mol. The van der Waals surface area contributed by atoms with Crippen LogP contribution in [0.2, 0.25) is 0 Å². The lowest BCUT2D eigenvalue weighted by Gasteiger charge is -2.06. The Labute approximate surface area is 123 Å². The molecule has 0 fully saturated rings. The van der Waals surface area contributed by atoms with Gasteiger partial charge in [0.2, 0.25) is 10.0 Å². The minimum Gasteiger partial charge on any atom is -0.349 e. The van der Waals surface area contributed by atoms with E-state index in [0.717, 1.165) is 5.82 Å². The second-order valence-electron chi connectivity index (χ2n) is 4.61. The van der Waals surface area contributed by atoms with Gasteiger partial charge in [0.1, 0.15) is 5.82 Å². The number of nitrogens with one attached hydrogen (secondary N) is 2. The van der Waals surface area contributed by atoms with Gasteiger partial charge < -0.3 is 4.98 Å². The summed E-state index contributed by atoms with van der Waals surface area (Å²) in [6, 6.07) is 8.60. The predicted molar refractivity (Wildman–Crippen MR) is 78.7 cm³/mol. The van der Waals surface area contributed by atoms with Gasteiger partial charge in [0.15, 0.2) is 0 Å². The molecule has 0 spiro atoms. The molecule has 1 aromatic heterocycles. The van der Waals surface area contributed by atoms with Crippen molar-refractivity contribution < 1.29 is 8.42 Å². The molecule has 0 radical (unpaired) electrons. The Bertz CT molecular complexity index is 718. The van der Waals surface area contributed by atoms with Gasteiger partial charge in [0, 0.05) is 25.4 Å². The number of aromatic nitrogens is 2. The first-order chi connectivity index (χ1) is 10.1. The average Bonchev–Trinajstić information content (AvgIpc) is 2.96. The van der Waals surface area contributed by atoms with Gasteiger partial charge in [-0.3, -0.25) is 0 Å². The third kappa shape index (κ3) is 5.02. The van der Waals surface area contributed by atoms with Crippen molar-refractivity contribution >= 4 is 10.0 Å². The van der Waals surface area contributed by atoms with E-state index in [1.54, 1.807) is 36.7 Å². The number of H-pyrrole nitrogens is 1. The maximum atomic E-state index is 11.9. The number of nitrogens with zero attached hydrogens (tertiary/aromatic N) is 2. The van der Waals surface area contributed by atoms with Gasteiger partial charge in [0.05, 0.1) is 17.4 Å². The van der Waals surface area contributed by atoms with E-state index in [1.165, 1.54) is 0 Å². The molecule has 2 N–H and O–H groups in total. The van der Waals surface area contributed by atoms with E-state index in [1.807, 2.05) is 6.07 Å². The molecule has 1 heterocycles. The molecule has 7 heteroatoms. The van der Waals surface area contributed by atoms with Crippen molar-refractivity contribution in [2.24, 2.45) is 0 Å². The van der Waals surface area contributed by atoms with Crippen LogP contribution < -0.4 is 4.72 Å². The first-order valence-electron chi connectivity index (χ1n) is 6.54. The first-order valence-corrected chi connectivity index (χ1v) is 8.19. The normalized spacial score (nSPS) is 11.2. The number of rotatable bonds is 7. The number of hydrogen-bond acceptors (Lipinski definition) is 4. The summed E-state index contributed by atoms with van der Waals surface area (Å²) in [6.07, 6.45) is 4.77. The quantitative estimate of drug-likeness (QED) is 0.754. The summed E-state index contributed by atoms with van der Waals surface area (Å²) in [5.74, 6) is 0.722. The van der Waals surface area contributed by atoms with E-state index in [0.29, 0.717) is 30.5 Å². The molecule has 0 saturated heterocycles. The molecular formula is C14H16N4O2S. The van der Waals surface area contributed by atoms with Crippen molar-refractivity contribution in [3.05, 3.63) is 53.6 Å². The lowest BCUT2D eigenvalue weighted by atomic mass is 10.2. The van der Waals surface area contributed by atoms with Crippen LogP contribution in [-0.4, -0.2) is 24.9 Å². The minimum atomic E-state index is -3.39. The largest absolute Gasteiger partial charge is 0.349 e. The number of aryl methyl sites for hydroxylation is 1. The zero-order chi connectivity index (χ0) is 15.1. The van der Waals surface area contributed by atoms with E-state index in [9.17, 15) is 8.42 Å². The van der Waals surface area contributed by atoms with Gasteiger partial charge >= 0.3 is 0 Å². The van der Waals surface area contributed by atoms with E-state index >= 15 is 0 Å². The summed E-state index contributed by atoms with van der Waals surface area (Å²) in [4.78, 5) is 7.04. The fourth-order valence-corrected chi connectivity index (χ4v) is 3.10. The van der Waals surface area contributed by atoms with E-state index in [2.05, 4.69) is 14.7 Å². The SMILES string of the molecule is N#Cc1cccc(CS(=O)(=O)NCCCc2ncc[nH]2)c1. The third-order valence-corrected chi connectivity index (χ3v) is 4.24. The summed E-state index contributed by atoms with van der Waals surface area (Å²) in [7, 11) is -3.39. The van der Waals surface area contributed by atoms with Gasteiger partial charge in [-0.15, -0.1) is 0 Å². The van der Waals surface area contributed by atoms with Crippen LogP contribution in [0.3, 0.4) is 0 Å². The maximum absolute atomic E-state index is 11.9. The summed E-state index contributed by atoms with van der Waals surface area (Å²) in [6.45, 7) is 0.362. The summed E-state index contributed by atoms with van der Waals surface area (Å²) < 4.78 is 26.4. The number of hydrogen-bond donors (Lipinski definition) is 2. The van der Waals surface area contributed by atoms with Crippen LogP contribution in [0.1, 0.15) is 23.4 Å². The second kappa shape index (κ2) is 7.02. The molecule has 1 aromatic carbocycles. The molecule has 2 aromatic rings. The lowest BCUT2D eigenvalue weighted by Crippen LogP contribution is -2.26. The van der Waals surface area contributed by atoms with Crippen molar-refractivity contribution in [3.8, 4) is 6.07 Å². The minimum absolute atomic E-state index is 0.122. The molecule has 0 amide bonds. The van der Waals surface area contributed by atoms with E-state index < -0.39 is 10.0 Å². The predicted octanol–water partition coefficient (Wildman–Crippen LogP) is 1.33. The smallest absolute Gasteiger partial charge is 0.215 e. The Morgan fingerprint density at radius 3 is 2.95 bits per heavy atom. The number of nitriles is 1. The molecule has 2 rings (SSSR count). The van der Waals surface area contributed by atoms with Crippen LogP contribution in [0.4, 0.5) is 0 Å². The Morgan fingerprint density at radius 2 is 2.24 bits per heavy atom. The van der Waals surface area contributed by atoms with Gasteiger partial charge in [-0.05, 0) is 24.1 Å². The molecule has 110 valence electrons. The van der Waals surface area contributed by atoms with Gasteiger partial charge in [-0.25, -0.2) is 18.1 Å². The molecule has 6 nitrogen and oxygen atoms in total. The van der Waals surface area contributed by atoms with Gasteiger partial charge in [-0.2, -0.15) is 5.26 Å². The molecule has 21 heavy (non-hydrogen) atoms. The number of sulfonamides is 1. The van der Waals surface area contributed by atoms with Crippen molar-refractivity contribution in [2.75, 3.05) is 6.54 Å². The topological polar surface area (TPSA) is 98.6 Å². The number of aromatic amines is 1. The fourth-order valence-electron chi connectivity index (χ4n) is 1.92. The summed E-state index contributed by atoms with van der Waals surface area (Å²) >= 11 is 0. The van der Waals surface area contributed by atoms with Crippen LogP contribution in [0, 0.1) is 11.3 Å². The maximum Gasteiger partial charge on any atom is 0.215 e. The van der Waals surface area contributed by atoms with E-state index in [-0.39, 0.29) is 5.75 Å². The molecule has 0 aliphatic rings. The molecule has 0 atom stereocenters.